The van der Waals surface area contributed by atoms with Crippen molar-refractivity contribution < 1.29 is 45.1 Å². The number of likely N-dealkylation sites (N-methyl/N-ethyl adjacent to an activating group) is 1. The van der Waals surface area contributed by atoms with Gasteiger partial charge in [-0.15, -0.1) is 0 Å². The van der Waals surface area contributed by atoms with E-state index in [0.717, 1.165) is 31.6 Å². The van der Waals surface area contributed by atoms with Crippen LogP contribution >= 0.6 is 0 Å². The summed E-state index contributed by atoms with van der Waals surface area (Å²) in [4.78, 5) is 33.0. The van der Waals surface area contributed by atoms with E-state index in [1.165, 1.54) is 24.1 Å². The van der Waals surface area contributed by atoms with Gasteiger partial charge in [0.05, 0.1) is 23.8 Å². The second-order valence-electron chi connectivity index (χ2n) is 11.3. The first-order valence-corrected chi connectivity index (χ1v) is 14.2. The molecule has 0 bridgehead atoms. The number of hydrogen-bond donors (Lipinski definition) is 0. The number of halogens is 7. The Morgan fingerprint density at radius 2 is 1.48 bits per heavy atom. The topological polar surface area (TPSA) is 56.3 Å². The van der Waals surface area contributed by atoms with Gasteiger partial charge in [0.2, 0.25) is 5.91 Å². The van der Waals surface area contributed by atoms with Crippen molar-refractivity contribution in [2.45, 2.75) is 37.2 Å². The maximum atomic E-state index is 13.7. The average molecular weight is 633 g/mol. The molecule has 2 aliphatic heterocycles. The van der Waals surface area contributed by atoms with Crippen LogP contribution in [0.4, 0.5) is 41.2 Å². The zero-order chi connectivity index (χ0) is 32.4. The highest BCUT2D eigenvalue weighted by molar-refractivity contribution is 5.92. The number of piperidine rings is 1. The predicted molar refractivity (Wildman–Crippen MR) is 149 cm³/mol. The molecule has 2 aromatic carbocycles. The van der Waals surface area contributed by atoms with Crippen LogP contribution < -0.4 is 4.90 Å². The molecule has 0 aliphatic carbocycles. The molecular weight excluding hydrogens is 597 g/mol. The summed E-state index contributed by atoms with van der Waals surface area (Å²) in [6, 6.07) is 5.01. The minimum Gasteiger partial charge on any atom is -0.383 e. The lowest BCUT2D eigenvalue weighted by Gasteiger charge is -2.34. The predicted octanol–water partition coefficient (Wildman–Crippen LogP) is 5.70. The van der Waals surface area contributed by atoms with Gasteiger partial charge >= 0.3 is 18.4 Å². The number of rotatable bonds is 7. The van der Waals surface area contributed by atoms with E-state index in [2.05, 4.69) is 4.90 Å². The number of carbonyl (C=O) groups is 2. The van der Waals surface area contributed by atoms with E-state index in [-0.39, 0.29) is 31.0 Å². The van der Waals surface area contributed by atoms with Crippen molar-refractivity contribution in [2.75, 3.05) is 65.4 Å². The van der Waals surface area contributed by atoms with E-state index in [0.29, 0.717) is 37.1 Å². The summed E-state index contributed by atoms with van der Waals surface area (Å²) in [5.41, 5.74) is -3.03. The Balaban J connectivity index is 1.57. The summed E-state index contributed by atoms with van der Waals surface area (Å²) in [5, 5.41) is 0. The highest BCUT2D eigenvalue weighted by Gasteiger charge is 2.43. The summed E-state index contributed by atoms with van der Waals surface area (Å²) in [6.07, 6.45) is -8.88. The number of methoxy groups -OCH3 is 1. The molecule has 4 rings (SSSR count). The molecule has 3 amide bonds. The molecule has 0 spiro atoms. The maximum Gasteiger partial charge on any atom is 0.416 e. The molecule has 0 N–H and O–H groups in total. The van der Waals surface area contributed by atoms with Crippen molar-refractivity contribution in [3.63, 3.8) is 0 Å². The second kappa shape index (κ2) is 13.3. The van der Waals surface area contributed by atoms with Gasteiger partial charge in [0.15, 0.2) is 0 Å². The lowest BCUT2D eigenvalue weighted by molar-refractivity contribution is -0.143. The Morgan fingerprint density at radius 3 is 2.00 bits per heavy atom. The van der Waals surface area contributed by atoms with Crippen LogP contribution in [0.3, 0.4) is 0 Å². The standard InChI is InChI=1S/C30H35F7N4O3/c1-38(24-15-21(29(32,33)34)14-22(16-24)30(35,36)37)28(43)39(2)26-18-41(17-25(26)19-4-6-23(31)7-5-19)27(42)20-8-10-40(11-9-20)12-13-44-3/h4-7,14-16,20,25-26H,8-13,17-18H2,1-3H3. The molecule has 2 saturated heterocycles. The molecule has 2 heterocycles. The third-order valence-electron chi connectivity index (χ3n) is 8.49. The first kappa shape index (κ1) is 33.5. The van der Waals surface area contributed by atoms with E-state index >= 15 is 0 Å². The van der Waals surface area contributed by atoms with E-state index in [1.807, 2.05) is 0 Å². The van der Waals surface area contributed by atoms with E-state index in [1.54, 1.807) is 24.1 Å². The average Bonchev–Trinajstić information content (AvgIpc) is 3.43. The van der Waals surface area contributed by atoms with Gasteiger partial charge in [0, 0.05) is 58.4 Å². The second-order valence-corrected chi connectivity index (χ2v) is 11.3. The molecule has 0 aromatic heterocycles. The summed E-state index contributed by atoms with van der Waals surface area (Å²) in [6.45, 7) is 3.08. The van der Waals surface area contributed by atoms with Crippen LogP contribution in [-0.4, -0.2) is 93.2 Å². The van der Waals surface area contributed by atoms with Gasteiger partial charge in [0.25, 0.3) is 0 Å². The Bertz CT molecular complexity index is 1280. The highest BCUT2D eigenvalue weighted by Crippen LogP contribution is 2.39. The van der Waals surface area contributed by atoms with Gasteiger partial charge in [-0.2, -0.15) is 26.3 Å². The fourth-order valence-corrected chi connectivity index (χ4v) is 5.90. The third-order valence-corrected chi connectivity index (χ3v) is 8.49. The number of carbonyl (C=O) groups excluding carboxylic acids is 2. The first-order chi connectivity index (χ1) is 20.6. The van der Waals surface area contributed by atoms with Crippen LogP contribution in [0.15, 0.2) is 42.5 Å². The molecule has 242 valence electrons. The highest BCUT2D eigenvalue weighted by atomic mass is 19.4. The van der Waals surface area contributed by atoms with Crippen LogP contribution in [0.5, 0.6) is 0 Å². The third kappa shape index (κ3) is 7.63. The molecular formula is C30H35F7N4O3. The van der Waals surface area contributed by atoms with Gasteiger partial charge < -0.3 is 19.4 Å². The number of anilines is 1. The summed E-state index contributed by atoms with van der Waals surface area (Å²) in [7, 11) is 4.10. The fraction of sp³-hybridized carbons (Fsp3) is 0.533. The van der Waals surface area contributed by atoms with Gasteiger partial charge in [0.1, 0.15) is 5.82 Å². The zero-order valence-corrected chi connectivity index (χ0v) is 24.6. The molecule has 0 radical (unpaired) electrons. The zero-order valence-electron chi connectivity index (χ0n) is 24.6. The molecule has 2 atom stereocenters. The Hall–Kier alpha value is -3.39. The smallest absolute Gasteiger partial charge is 0.383 e. The number of urea groups is 1. The van der Waals surface area contributed by atoms with Gasteiger partial charge in [-0.3, -0.25) is 9.69 Å². The van der Waals surface area contributed by atoms with E-state index in [9.17, 15) is 40.3 Å². The minimum atomic E-state index is -5.08. The first-order valence-electron chi connectivity index (χ1n) is 14.2. The number of nitrogens with zero attached hydrogens (tertiary/aromatic N) is 4. The van der Waals surface area contributed by atoms with Crippen molar-refractivity contribution in [1.82, 2.24) is 14.7 Å². The van der Waals surface area contributed by atoms with Gasteiger partial charge in [-0.1, -0.05) is 12.1 Å². The summed E-state index contributed by atoms with van der Waals surface area (Å²) < 4.78 is 99.7. The van der Waals surface area contributed by atoms with E-state index in [4.69, 9.17) is 4.74 Å². The van der Waals surface area contributed by atoms with Crippen LogP contribution in [-0.2, 0) is 21.9 Å². The van der Waals surface area contributed by atoms with Crippen molar-refractivity contribution >= 4 is 17.6 Å². The van der Waals surface area contributed by atoms with Crippen LogP contribution in [0, 0.1) is 11.7 Å². The summed E-state index contributed by atoms with van der Waals surface area (Å²) in [5.74, 6) is -1.29. The lowest BCUT2D eigenvalue weighted by Crippen LogP contribution is -2.48. The SMILES string of the molecule is COCCN1CCC(C(=O)N2CC(c3ccc(F)cc3)C(N(C)C(=O)N(C)c3cc(C(F)(F)F)cc(C(F)(F)F)c3)C2)CC1. The largest absolute Gasteiger partial charge is 0.416 e. The Labute approximate surface area is 251 Å². The molecule has 2 aromatic rings. The van der Waals surface area contributed by atoms with Gasteiger partial charge in [-0.25, -0.2) is 9.18 Å². The number of ether oxygens (including phenoxy) is 1. The van der Waals surface area contributed by atoms with Gasteiger partial charge in [-0.05, 0) is 61.8 Å². The molecule has 7 nitrogen and oxygen atoms in total. The Kier molecular flexibility index (Phi) is 10.1. The van der Waals surface area contributed by atoms with Crippen molar-refractivity contribution in [3.05, 3.63) is 65.0 Å². The number of alkyl halides is 6. The van der Waals surface area contributed by atoms with Crippen molar-refractivity contribution in [1.29, 1.82) is 0 Å². The maximum absolute atomic E-state index is 13.7. The monoisotopic (exact) mass is 632 g/mol. The number of hydrogen-bond acceptors (Lipinski definition) is 4. The Morgan fingerprint density at radius 1 is 0.909 bits per heavy atom. The lowest BCUT2D eigenvalue weighted by atomic mass is 9.93. The quantitative estimate of drug-likeness (QED) is 0.368. The number of amides is 3. The normalized spacial score (nSPS) is 20.2. The molecule has 14 heteroatoms. The van der Waals surface area contributed by atoms with Crippen molar-refractivity contribution in [2.24, 2.45) is 5.92 Å². The van der Waals surface area contributed by atoms with E-state index < -0.39 is 53.0 Å². The molecule has 44 heavy (non-hydrogen) atoms. The number of likely N-dealkylation sites (tertiary alicyclic amines) is 2. The van der Waals surface area contributed by atoms with Crippen LogP contribution in [0.1, 0.15) is 35.4 Å². The summed E-state index contributed by atoms with van der Waals surface area (Å²) >= 11 is 0. The van der Waals surface area contributed by atoms with Crippen LogP contribution in [0.25, 0.3) is 0 Å². The minimum absolute atomic E-state index is 0.00137. The molecule has 2 unspecified atom stereocenters. The fourth-order valence-electron chi connectivity index (χ4n) is 5.90. The number of benzene rings is 2. The van der Waals surface area contributed by atoms with Crippen LogP contribution in [0.2, 0.25) is 0 Å². The van der Waals surface area contributed by atoms with Crippen molar-refractivity contribution in [3.8, 4) is 0 Å². The molecule has 0 saturated carbocycles. The molecule has 2 aliphatic rings. The molecule has 2 fully saturated rings.